The molecular weight excluding hydrogens is 287 g/mol. The van der Waals surface area contributed by atoms with Gasteiger partial charge in [0.2, 0.25) is 0 Å². The standard InChI is InChI=1S/C14H18Cl2O3/c1-14(2,18-3)6-7-19-9-13(17)10-4-5-11(15)12(16)8-10/h4-5,8H,6-7,9H2,1-3H3. The first kappa shape index (κ1) is 16.4. The summed E-state index contributed by atoms with van der Waals surface area (Å²) in [6, 6.07) is 4.79. The van der Waals surface area contributed by atoms with Crippen molar-refractivity contribution in [1.29, 1.82) is 0 Å². The van der Waals surface area contributed by atoms with Gasteiger partial charge in [0.05, 0.1) is 15.6 Å². The number of carbonyl (C=O) groups excluding carboxylic acids is 1. The van der Waals surface area contributed by atoms with E-state index in [1.165, 1.54) is 0 Å². The average Bonchev–Trinajstić information content (AvgIpc) is 2.37. The summed E-state index contributed by atoms with van der Waals surface area (Å²) in [5.41, 5.74) is 0.257. The minimum absolute atomic E-state index is 0.0256. The van der Waals surface area contributed by atoms with Crippen LogP contribution in [0.3, 0.4) is 0 Å². The molecule has 0 amide bonds. The summed E-state index contributed by atoms with van der Waals surface area (Å²) in [7, 11) is 1.65. The van der Waals surface area contributed by atoms with E-state index in [4.69, 9.17) is 32.7 Å². The van der Waals surface area contributed by atoms with E-state index < -0.39 is 0 Å². The van der Waals surface area contributed by atoms with Gasteiger partial charge in [0, 0.05) is 19.3 Å². The van der Waals surface area contributed by atoms with Gasteiger partial charge in [-0.2, -0.15) is 0 Å². The fourth-order valence-corrected chi connectivity index (χ4v) is 1.64. The summed E-state index contributed by atoms with van der Waals surface area (Å²) in [6.07, 6.45) is 0.720. The molecular formula is C14H18Cl2O3. The van der Waals surface area contributed by atoms with Crippen LogP contribution in [-0.4, -0.2) is 31.7 Å². The number of halogens is 2. The van der Waals surface area contributed by atoms with Crippen LogP contribution >= 0.6 is 23.2 Å². The van der Waals surface area contributed by atoms with Gasteiger partial charge in [-0.05, 0) is 38.5 Å². The molecule has 0 aliphatic heterocycles. The maximum absolute atomic E-state index is 11.8. The molecule has 0 bridgehead atoms. The Morgan fingerprint density at radius 2 is 1.95 bits per heavy atom. The van der Waals surface area contributed by atoms with Crippen LogP contribution in [0.1, 0.15) is 30.6 Å². The zero-order valence-corrected chi connectivity index (χ0v) is 12.8. The van der Waals surface area contributed by atoms with E-state index in [2.05, 4.69) is 0 Å². The van der Waals surface area contributed by atoms with Gasteiger partial charge in [0.15, 0.2) is 5.78 Å². The molecule has 0 unspecified atom stereocenters. The van der Waals surface area contributed by atoms with E-state index >= 15 is 0 Å². The number of Topliss-reactive ketones (excluding diaryl/α,β-unsaturated/α-hetero) is 1. The van der Waals surface area contributed by atoms with Crippen molar-refractivity contribution in [2.45, 2.75) is 25.9 Å². The van der Waals surface area contributed by atoms with Crippen molar-refractivity contribution < 1.29 is 14.3 Å². The molecule has 106 valence electrons. The van der Waals surface area contributed by atoms with Gasteiger partial charge in [-0.25, -0.2) is 0 Å². The molecule has 3 nitrogen and oxygen atoms in total. The lowest BCUT2D eigenvalue weighted by Crippen LogP contribution is -2.25. The second kappa shape index (κ2) is 7.25. The van der Waals surface area contributed by atoms with E-state index in [1.807, 2.05) is 13.8 Å². The van der Waals surface area contributed by atoms with Gasteiger partial charge in [-0.15, -0.1) is 0 Å². The number of carbonyl (C=O) groups is 1. The first-order valence-corrected chi connectivity index (χ1v) is 6.72. The number of benzene rings is 1. The molecule has 1 rings (SSSR count). The maximum Gasteiger partial charge on any atom is 0.188 e. The molecule has 0 aliphatic carbocycles. The fourth-order valence-electron chi connectivity index (χ4n) is 1.34. The number of hydrogen-bond acceptors (Lipinski definition) is 3. The predicted molar refractivity (Wildman–Crippen MR) is 77.3 cm³/mol. The summed E-state index contributed by atoms with van der Waals surface area (Å²) >= 11 is 11.6. The molecule has 0 radical (unpaired) electrons. The Hall–Kier alpha value is -0.610. The molecule has 19 heavy (non-hydrogen) atoms. The summed E-state index contributed by atoms with van der Waals surface area (Å²) in [5.74, 6) is -0.117. The van der Waals surface area contributed by atoms with Gasteiger partial charge >= 0.3 is 0 Å². The number of hydrogen-bond donors (Lipinski definition) is 0. The Bertz CT molecular complexity index is 444. The Morgan fingerprint density at radius 1 is 1.26 bits per heavy atom. The van der Waals surface area contributed by atoms with Crippen molar-refractivity contribution in [2.24, 2.45) is 0 Å². The highest BCUT2D eigenvalue weighted by atomic mass is 35.5. The molecule has 5 heteroatoms. The van der Waals surface area contributed by atoms with Crippen LogP contribution in [0.5, 0.6) is 0 Å². The minimum Gasteiger partial charge on any atom is -0.379 e. The minimum atomic E-state index is -0.243. The molecule has 0 aromatic heterocycles. The van der Waals surface area contributed by atoms with Crippen molar-refractivity contribution in [3.8, 4) is 0 Å². The highest BCUT2D eigenvalue weighted by molar-refractivity contribution is 6.42. The second-order valence-corrected chi connectivity index (χ2v) is 5.63. The van der Waals surface area contributed by atoms with Crippen LogP contribution in [0.4, 0.5) is 0 Å². The molecule has 0 saturated heterocycles. The van der Waals surface area contributed by atoms with Crippen LogP contribution < -0.4 is 0 Å². The fraction of sp³-hybridized carbons (Fsp3) is 0.500. The molecule has 0 heterocycles. The van der Waals surface area contributed by atoms with Gasteiger partial charge in [-0.1, -0.05) is 23.2 Å². The predicted octanol–water partition coefficient (Wildman–Crippen LogP) is 4.01. The summed E-state index contributed by atoms with van der Waals surface area (Å²) in [6.45, 7) is 4.43. The average molecular weight is 305 g/mol. The molecule has 0 N–H and O–H groups in total. The van der Waals surface area contributed by atoms with Crippen LogP contribution in [-0.2, 0) is 9.47 Å². The van der Waals surface area contributed by atoms with E-state index in [1.54, 1.807) is 25.3 Å². The maximum atomic E-state index is 11.8. The SMILES string of the molecule is COC(C)(C)CCOCC(=O)c1ccc(Cl)c(Cl)c1. The molecule has 0 spiro atoms. The van der Waals surface area contributed by atoms with Crippen LogP contribution in [0.25, 0.3) is 0 Å². The zero-order valence-electron chi connectivity index (χ0n) is 11.3. The van der Waals surface area contributed by atoms with Crippen LogP contribution in [0.2, 0.25) is 10.0 Å². The Kier molecular flexibility index (Phi) is 6.27. The topological polar surface area (TPSA) is 35.5 Å². The number of ether oxygens (including phenoxy) is 2. The third-order valence-corrected chi connectivity index (χ3v) is 3.61. The van der Waals surface area contributed by atoms with Crippen molar-refractivity contribution in [2.75, 3.05) is 20.3 Å². The Morgan fingerprint density at radius 3 is 2.53 bits per heavy atom. The quantitative estimate of drug-likeness (QED) is 0.564. The molecule has 0 atom stereocenters. The lowest BCUT2D eigenvalue weighted by Gasteiger charge is -2.22. The molecule has 1 aromatic carbocycles. The summed E-state index contributed by atoms with van der Waals surface area (Å²) in [5, 5.41) is 0.800. The van der Waals surface area contributed by atoms with Gasteiger partial charge < -0.3 is 9.47 Å². The molecule has 1 aromatic rings. The third kappa shape index (κ3) is 5.49. The van der Waals surface area contributed by atoms with Crippen molar-refractivity contribution in [3.05, 3.63) is 33.8 Å². The summed E-state index contributed by atoms with van der Waals surface area (Å²) < 4.78 is 10.6. The number of ketones is 1. The molecule has 0 saturated carbocycles. The molecule has 0 aliphatic rings. The first-order valence-electron chi connectivity index (χ1n) is 5.97. The van der Waals surface area contributed by atoms with Gasteiger partial charge in [-0.3, -0.25) is 4.79 Å². The summed E-state index contributed by atoms with van der Waals surface area (Å²) in [4.78, 5) is 11.8. The Balaban J connectivity index is 2.41. The lowest BCUT2D eigenvalue weighted by molar-refractivity contribution is -0.00836. The smallest absolute Gasteiger partial charge is 0.188 e. The second-order valence-electron chi connectivity index (χ2n) is 4.82. The number of rotatable bonds is 7. The lowest BCUT2D eigenvalue weighted by atomic mass is 10.1. The zero-order chi connectivity index (χ0) is 14.5. The largest absolute Gasteiger partial charge is 0.379 e. The van der Waals surface area contributed by atoms with Crippen molar-refractivity contribution >= 4 is 29.0 Å². The van der Waals surface area contributed by atoms with E-state index in [0.717, 1.165) is 6.42 Å². The highest BCUT2D eigenvalue weighted by Crippen LogP contribution is 2.22. The van der Waals surface area contributed by atoms with Crippen molar-refractivity contribution in [3.63, 3.8) is 0 Å². The first-order chi connectivity index (χ1) is 8.85. The monoisotopic (exact) mass is 304 g/mol. The van der Waals surface area contributed by atoms with Crippen LogP contribution in [0.15, 0.2) is 18.2 Å². The number of methoxy groups -OCH3 is 1. The van der Waals surface area contributed by atoms with E-state index in [-0.39, 0.29) is 18.0 Å². The van der Waals surface area contributed by atoms with Crippen molar-refractivity contribution in [1.82, 2.24) is 0 Å². The van der Waals surface area contributed by atoms with E-state index in [9.17, 15) is 4.79 Å². The highest BCUT2D eigenvalue weighted by Gasteiger charge is 2.16. The van der Waals surface area contributed by atoms with Gasteiger partial charge in [0.25, 0.3) is 0 Å². The molecule has 0 fully saturated rings. The third-order valence-electron chi connectivity index (χ3n) is 2.88. The normalized spacial score (nSPS) is 11.6. The van der Waals surface area contributed by atoms with Crippen LogP contribution in [0, 0.1) is 0 Å². The van der Waals surface area contributed by atoms with Gasteiger partial charge in [0.1, 0.15) is 6.61 Å². The Labute approximate surface area is 123 Å². The van der Waals surface area contributed by atoms with E-state index in [0.29, 0.717) is 22.2 Å².